The summed E-state index contributed by atoms with van der Waals surface area (Å²) in [6.07, 6.45) is 2.72. The van der Waals surface area contributed by atoms with Crippen LogP contribution < -0.4 is 20.1 Å². The highest BCUT2D eigenvalue weighted by Crippen LogP contribution is 2.40. The lowest BCUT2D eigenvalue weighted by Gasteiger charge is -2.31. The highest BCUT2D eigenvalue weighted by molar-refractivity contribution is 7.98. The van der Waals surface area contributed by atoms with Crippen LogP contribution in [0.25, 0.3) is 11.1 Å². The van der Waals surface area contributed by atoms with Crippen LogP contribution in [0.2, 0.25) is 0 Å². The van der Waals surface area contributed by atoms with Crippen LogP contribution in [-0.4, -0.2) is 92.1 Å². The monoisotopic (exact) mass is 741 g/mol. The van der Waals surface area contributed by atoms with Gasteiger partial charge in [0.1, 0.15) is 35.8 Å². The molecular formula is C39H55N3O9S. The van der Waals surface area contributed by atoms with E-state index in [4.69, 9.17) is 18.9 Å². The Bertz CT molecular complexity index is 1570. The Labute approximate surface area is 312 Å². The zero-order valence-electron chi connectivity index (χ0n) is 32.0. The number of rotatable bonds is 13. The number of nitrogens with zero attached hydrogens (tertiary/aromatic N) is 1. The molecule has 52 heavy (non-hydrogen) atoms. The second-order valence-corrected chi connectivity index (χ2v) is 15.1. The molecule has 12 nitrogen and oxygen atoms in total. The second-order valence-electron chi connectivity index (χ2n) is 14.1. The van der Waals surface area contributed by atoms with Crippen LogP contribution in [0.1, 0.15) is 78.0 Å². The van der Waals surface area contributed by atoms with Crippen LogP contribution in [0.5, 0.6) is 11.5 Å². The summed E-state index contributed by atoms with van der Waals surface area (Å²) in [4.78, 5) is 68.1. The molecule has 0 unspecified atom stereocenters. The van der Waals surface area contributed by atoms with Gasteiger partial charge in [0.25, 0.3) is 0 Å². The van der Waals surface area contributed by atoms with Crippen molar-refractivity contribution in [3.8, 4) is 22.6 Å². The lowest BCUT2D eigenvalue weighted by Crippen LogP contribution is -2.46. The Morgan fingerprint density at radius 2 is 1.67 bits per heavy atom. The van der Waals surface area contributed by atoms with Crippen molar-refractivity contribution in [3.05, 3.63) is 47.5 Å². The van der Waals surface area contributed by atoms with Gasteiger partial charge in [-0.15, -0.1) is 0 Å². The lowest BCUT2D eigenvalue weighted by molar-refractivity contribution is -0.146. The normalized spacial score (nSPS) is 18.3. The van der Waals surface area contributed by atoms with Crippen molar-refractivity contribution in [1.29, 1.82) is 0 Å². The fourth-order valence-electron chi connectivity index (χ4n) is 5.84. The van der Waals surface area contributed by atoms with Crippen LogP contribution in [-0.2, 0) is 35.1 Å². The largest absolute Gasteiger partial charge is 0.493 e. The van der Waals surface area contributed by atoms with Gasteiger partial charge in [0.2, 0.25) is 11.8 Å². The van der Waals surface area contributed by atoms with E-state index in [-0.39, 0.29) is 43.6 Å². The summed E-state index contributed by atoms with van der Waals surface area (Å²) >= 11 is 1.65. The number of carbonyl (C=O) groups excluding carboxylic acids is 5. The molecule has 4 bridgehead atoms. The summed E-state index contributed by atoms with van der Waals surface area (Å²) in [7, 11) is 2.87. The van der Waals surface area contributed by atoms with Gasteiger partial charge in [0.05, 0.1) is 20.3 Å². The number of thioether (sulfide) groups is 1. The van der Waals surface area contributed by atoms with E-state index in [9.17, 15) is 24.0 Å². The van der Waals surface area contributed by atoms with Crippen LogP contribution >= 0.6 is 11.8 Å². The zero-order valence-corrected chi connectivity index (χ0v) is 32.8. The Balaban J connectivity index is 2.21. The smallest absolute Gasteiger partial charge is 0.407 e. The minimum Gasteiger partial charge on any atom is -0.493 e. The number of nitrogens with one attached hydrogen (secondary N) is 2. The summed E-state index contributed by atoms with van der Waals surface area (Å²) in [5.74, 6) is -0.988. The average Bonchev–Trinajstić information content (AvgIpc) is 3.09. The summed E-state index contributed by atoms with van der Waals surface area (Å²) < 4.78 is 22.8. The molecule has 4 atom stereocenters. The van der Waals surface area contributed by atoms with Gasteiger partial charge in [-0.05, 0) is 81.0 Å². The summed E-state index contributed by atoms with van der Waals surface area (Å²) in [6.45, 7) is 11.5. The molecule has 2 aromatic carbocycles. The number of carbonyl (C=O) groups is 5. The number of Topliss-reactive ketones (excluding diaryl/α,β-unsaturated/α-hetero) is 1. The fraction of sp³-hybridized carbons (Fsp3) is 0.564. The van der Waals surface area contributed by atoms with Gasteiger partial charge in [-0.25, -0.2) is 9.59 Å². The standard InChI is InChI=1S/C39H55N3O9S/c1-10-17-49-33-14-12-27-23-29(33)28-21-26(11-13-32(28)50-18-16-40-38(47)51-39(4,5)6)22-30(37(46)48-8)41-35(44)25(3)20-31(43)34(27)42(7)36(45)24(2)15-19-52-9/h11-14,21,23-25,30,34H,10,15-20,22H2,1-9H3,(H,40,47)(H,41,44)/t24-,25+,30-,34-/m0/s1. The quantitative estimate of drug-likeness (QED) is 0.192. The van der Waals surface area contributed by atoms with E-state index in [1.54, 1.807) is 70.8 Å². The van der Waals surface area contributed by atoms with Crippen molar-refractivity contribution in [2.75, 3.05) is 45.9 Å². The molecule has 0 radical (unpaired) electrons. The number of benzene rings is 2. The summed E-state index contributed by atoms with van der Waals surface area (Å²) in [5.41, 5.74) is 1.80. The first-order valence-corrected chi connectivity index (χ1v) is 19.2. The number of methoxy groups -OCH3 is 1. The maximum absolute atomic E-state index is 14.2. The van der Waals surface area contributed by atoms with E-state index < -0.39 is 41.6 Å². The predicted octanol–water partition coefficient (Wildman–Crippen LogP) is 5.74. The van der Waals surface area contributed by atoms with Crippen molar-refractivity contribution in [3.63, 3.8) is 0 Å². The average molecular weight is 742 g/mol. The van der Waals surface area contributed by atoms with E-state index in [2.05, 4.69) is 10.6 Å². The highest BCUT2D eigenvalue weighted by atomic mass is 32.2. The Morgan fingerprint density at radius 3 is 2.31 bits per heavy atom. The molecule has 3 amide bonds. The molecule has 0 spiro atoms. The number of likely N-dealkylation sites (N-methyl/N-ethyl adjacent to an activating group) is 1. The van der Waals surface area contributed by atoms with E-state index >= 15 is 0 Å². The van der Waals surface area contributed by atoms with Gasteiger partial charge in [-0.1, -0.05) is 32.9 Å². The first kappa shape index (κ1) is 42.2. The molecule has 0 saturated heterocycles. The van der Waals surface area contributed by atoms with Crippen molar-refractivity contribution in [2.24, 2.45) is 11.8 Å². The summed E-state index contributed by atoms with van der Waals surface area (Å²) in [5, 5.41) is 5.48. The molecule has 0 fully saturated rings. The van der Waals surface area contributed by atoms with Gasteiger partial charge >= 0.3 is 12.1 Å². The minimum atomic E-state index is -1.03. The van der Waals surface area contributed by atoms with E-state index in [1.165, 1.54) is 12.0 Å². The molecule has 1 heterocycles. The van der Waals surface area contributed by atoms with Gasteiger partial charge in [-0.2, -0.15) is 11.8 Å². The topological polar surface area (TPSA) is 150 Å². The maximum atomic E-state index is 14.2. The molecule has 2 N–H and O–H groups in total. The molecule has 1 aliphatic heterocycles. The third-order valence-electron chi connectivity index (χ3n) is 8.56. The number of esters is 1. The van der Waals surface area contributed by atoms with Crippen molar-refractivity contribution < 1.29 is 42.9 Å². The summed E-state index contributed by atoms with van der Waals surface area (Å²) in [6, 6.07) is 8.76. The van der Waals surface area contributed by atoms with Gasteiger partial charge in [-0.3, -0.25) is 14.4 Å². The molecule has 0 saturated carbocycles. The SMILES string of the molecule is CCCOc1ccc2cc1-c1cc(ccc1OCCNC(=O)OC(C)(C)C)C[C@@H](C(=O)OC)NC(=O)[C@H](C)CC(=O)[C@H]2N(C)C(=O)[C@@H](C)CCSC. The minimum absolute atomic E-state index is 0.0987. The fourth-order valence-corrected chi connectivity index (χ4v) is 6.43. The number of alkyl carbamates (subject to hydrolysis) is 1. The van der Waals surface area contributed by atoms with Gasteiger partial charge in [0.15, 0.2) is 5.78 Å². The highest BCUT2D eigenvalue weighted by Gasteiger charge is 2.34. The van der Waals surface area contributed by atoms with E-state index in [0.717, 1.165) is 12.2 Å². The molecule has 286 valence electrons. The Hall–Kier alpha value is -4.26. The van der Waals surface area contributed by atoms with Gasteiger partial charge in [0, 0.05) is 42.9 Å². The maximum Gasteiger partial charge on any atom is 0.407 e. The van der Waals surface area contributed by atoms with Crippen molar-refractivity contribution in [2.45, 2.75) is 84.9 Å². The first-order chi connectivity index (χ1) is 24.6. The molecule has 0 aliphatic carbocycles. The second kappa shape index (κ2) is 19.5. The number of hydrogen-bond acceptors (Lipinski definition) is 10. The Kier molecular flexibility index (Phi) is 15.8. The Morgan fingerprint density at radius 1 is 1.02 bits per heavy atom. The zero-order chi connectivity index (χ0) is 38.6. The molecular weight excluding hydrogens is 687 g/mol. The van der Waals surface area contributed by atoms with Crippen molar-refractivity contribution in [1.82, 2.24) is 15.5 Å². The van der Waals surface area contributed by atoms with Crippen LogP contribution in [0.15, 0.2) is 36.4 Å². The number of amides is 3. The van der Waals surface area contributed by atoms with Gasteiger partial charge < -0.3 is 34.5 Å². The van der Waals surface area contributed by atoms with Crippen LogP contribution in [0.3, 0.4) is 0 Å². The van der Waals surface area contributed by atoms with Crippen molar-refractivity contribution >= 4 is 41.4 Å². The third-order valence-corrected chi connectivity index (χ3v) is 9.20. The molecule has 0 aromatic heterocycles. The van der Waals surface area contributed by atoms with Crippen LogP contribution in [0.4, 0.5) is 4.79 Å². The first-order valence-electron chi connectivity index (χ1n) is 17.8. The molecule has 2 aromatic rings. The predicted molar refractivity (Wildman–Crippen MR) is 202 cm³/mol. The lowest BCUT2D eigenvalue weighted by atomic mass is 9.89. The van der Waals surface area contributed by atoms with E-state index in [0.29, 0.717) is 46.8 Å². The number of ether oxygens (including phenoxy) is 4. The number of ketones is 1. The molecule has 3 rings (SSSR count). The molecule has 1 aliphatic rings. The number of hydrogen-bond donors (Lipinski definition) is 2. The van der Waals surface area contributed by atoms with E-state index in [1.807, 2.05) is 32.2 Å². The third kappa shape index (κ3) is 11.9. The molecule has 13 heteroatoms. The number of fused-ring (bicyclic) bond motifs is 5. The van der Waals surface area contributed by atoms with Crippen LogP contribution in [0, 0.1) is 11.8 Å².